The van der Waals surface area contributed by atoms with Crippen molar-refractivity contribution in [3.8, 4) is 28.2 Å². The molecular formula is C82H86BN4OS+. The number of fused-ring (bicyclic) bond motifs is 12. The number of anilines is 6. The number of aromatic nitrogens is 2. The van der Waals surface area contributed by atoms with Crippen LogP contribution in [-0.4, -0.2) is 11.3 Å². The van der Waals surface area contributed by atoms with Crippen molar-refractivity contribution in [2.24, 2.45) is 7.05 Å². The SMILES string of the molecule is Cc1ccc2c(oc3cc(-c4cc5c6c(c4)N4c7ccc(C(C)(C)C)cc7C(C)(C)c7cc(C(C)(C)C)cc(c74)B6c4cc(C(C)(C)C)cc6c4N5c4ccc(C(C)(C)C)cc4S6)ccc32)c1-c1n(-c2c(C(C)C)cccc2C(C)C)c2ccccc2[n+]1C. The first-order chi connectivity index (χ1) is 41.9. The van der Waals surface area contributed by atoms with Crippen LogP contribution in [0, 0.1) is 6.92 Å². The molecule has 0 saturated carbocycles. The number of furan rings is 1. The van der Waals surface area contributed by atoms with Crippen LogP contribution >= 0.6 is 11.8 Å². The summed E-state index contributed by atoms with van der Waals surface area (Å²) in [4.78, 5) is 8.01. The van der Waals surface area contributed by atoms with E-state index in [1.165, 1.54) is 127 Å². The molecule has 0 amide bonds. The summed E-state index contributed by atoms with van der Waals surface area (Å²) in [5, 5.41) is 2.23. The molecule has 7 heteroatoms. The summed E-state index contributed by atoms with van der Waals surface area (Å²) in [7, 11) is 2.23. The molecule has 0 aliphatic carbocycles. The zero-order chi connectivity index (χ0) is 62.8. The van der Waals surface area contributed by atoms with Gasteiger partial charge in [0.25, 0.3) is 12.5 Å². The molecule has 4 aliphatic rings. The molecule has 6 heterocycles. The van der Waals surface area contributed by atoms with Crippen molar-refractivity contribution in [1.82, 2.24) is 4.57 Å². The summed E-state index contributed by atoms with van der Waals surface area (Å²) in [6, 6.07) is 57.6. The molecular weight excluding hydrogens is 1100 g/mol. The van der Waals surface area contributed by atoms with Gasteiger partial charge in [0.2, 0.25) is 0 Å². The first-order valence-corrected chi connectivity index (χ1v) is 33.5. The van der Waals surface area contributed by atoms with E-state index in [-0.39, 0.29) is 33.8 Å². The molecule has 0 unspecified atom stereocenters. The molecule has 5 nitrogen and oxygen atoms in total. The summed E-state index contributed by atoms with van der Waals surface area (Å²) < 4.78 is 12.5. The van der Waals surface area contributed by atoms with E-state index in [0.29, 0.717) is 11.8 Å². The molecule has 0 spiro atoms. The number of aryl methyl sites for hydroxylation is 2. The highest BCUT2D eigenvalue weighted by Crippen LogP contribution is 2.59. The van der Waals surface area contributed by atoms with E-state index in [4.69, 9.17) is 4.42 Å². The number of para-hydroxylation sites is 3. The van der Waals surface area contributed by atoms with Crippen LogP contribution < -0.4 is 30.8 Å². The van der Waals surface area contributed by atoms with Crippen LogP contribution in [0.25, 0.3) is 61.2 Å². The minimum Gasteiger partial charge on any atom is -0.455 e. The number of hydrogen-bond acceptors (Lipinski definition) is 4. The lowest BCUT2D eigenvalue weighted by molar-refractivity contribution is -0.633. The fourth-order valence-corrected chi connectivity index (χ4v) is 16.7. The Morgan fingerprint density at radius 2 is 1.07 bits per heavy atom. The summed E-state index contributed by atoms with van der Waals surface area (Å²) in [6.07, 6.45) is 0. The second kappa shape index (κ2) is 19.2. The van der Waals surface area contributed by atoms with Crippen molar-refractivity contribution in [2.75, 3.05) is 9.80 Å². The second-order valence-electron chi connectivity index (χ2n) is 31.8. The summed E-state index contributed by atoms with van der Waals surface area (Å²) in [5.41, 5.74) is 32.1. The van der Waals surface area contributed by atoms with Crippen molar-refractivity contribution < 1.29 is 8.98 Å². The predicted molar refractivity (Wildman–Crippen MR) is 381 cm³/mol. The van der Waals surface area contributed by atoms with Gasteiger partial charge in [0.15, 0.2) is 16.6 Å². The molecule has 2 aromatic heterocycles. The van der Waals surface area contributed by atoms with Crippen LogP contribution in [0.1, 0.15) is 187 Å². The van der Waals surface area contributed by atoms with Gasteiger partial charge in [0.1, 0.15) is 16.8 Å². The lowest BCUT2D eigenvalue weighted by atomic mass is 9.32. The Hall–Kier alpha value is -7.74. The van der Waals surface area contributed by atoms with Gasteiger partial charge in [-0.25, -0.2) is 4.57 Å². The second-order valence-corrected chi connectivity index (χ2v) is 32.9. The Kier molecular flexibility index (Phi) is 12.4. The molecule has 0 fully saturated rings. The maximum Gasteiger partial charge on any atom is 0.299 e. The lowest BCUT2D eigenvalue weighted by Crippen LogP contribution is -2.63. The number of benzene rings is 9. The molecule has 0 bridgehead atoms. The molecule has 448 valence electrons. The molecule has 0 N–H and O–H groups in total. The highest BCUT2D eigenvalue weighted by Gasteiger charge is 2.51. The van der Waals surface area contributed by atoms with Crippen LogP contribution in [0.3, 0.4) is 0 Å². The van der Waals surface area contributed by atoms with Gasteiger partial charge in [-0.3, -0.25) is 0 Å². The highest BCUT2D eigenvalue weighted by atomic mass is 32.2. The first-order valence-electron chi connectivity index (χ1n) is 32.6. The number of nitrogens with zero attached hydrogens (tertiary/aromatic N) is 4. The third-order valence-electron chi connectivity index (χ3n) is 20.7. The van der Waals surface area contributed by atoms with Crippen molar-refractivity contribution in [3.05, 3.63) is 196 Å². The van der Waals surface area contributed by atoms with Gasteiger partial charge >= 0.3 is 0 Å². The number of rotatable bonds is 5. The minimum atomic E-state index is -0.299. The first kappa shape index (κ1) is 57.7. The van der Waals surface area contributed by atoms with Crippen LogP contribution in [0.4, 0.5) is 34.1 Å². The van der Waals surface area contributed by atoms with E-state index in [1.807, 2.05) is 11.8 Å². The molecule has 11 aromatic rings. The smallest absolute Gasteiger partial charge is 0.299 e. The Balaban J connectivity index is 1.03. The molecule has 0 radical (unpaired) electrons. The third kappa shape index (κ3) is 8.45. The Labute approximate surface area is 533 Å². The van der Waals surface area contributed by atoms with Gasteiger partial charge in [0.05, 0.1) is 24.1 Å². The molecule has 4 aliphatic heterocycles. The van der Waals surface area contributed by atoms with Crippen molar-refractivity contribution in [1.29, 1.82) is 0 Å². The Bertz CT molecular complexity index is 4860. The van der Waals surface area contributed by atoms with E-state index < -0.39 is 0 Å². The average molecular weight is 1190 g/mol. The van der Waals surface area contributed by atoms with Gasteiger partial charge < -0.3 is 14.2 Å². The van der Waals surface area contributed by atoms with E-state index in [0.717, 1.165) is 44.5 Å². The molecule has 89 heavy (non-hydrogen) atoms. The van der Waals surface area contributed by atoms with Gasteiger partial charge in [0, 0.05) is 54.2 Å². The van der Waals surface area contributed by atoms with E-state index in [2.05, 4.69) is 303 Å². The number of imidazole rings is 1. The van der Waals surface area contributed by atoms with Gasteiger partial charge in [-0.15, -0.1) is 0 Å². The largest absolute Gasteiger partial charge is 0.455 e. The van der Waals surface area contributed by atoms with Gasteiger partial charge in [-0.05, 0) is 168 Å². The van der Waals surface area contributed by atoms with Crippen LogP contribution in [0.15, 0.2) is 160 Å². The summed E-state index contributed by atoms with van der Waals surface area (Å²) in [6.45, 7) is 44.9. The highest BCUT2D eigenvalue weighted by molar-refractivity contribution is 7.99. The topological polar surface area (TPSA) is 28.4 Å². The van der Waals surface area contributed by atoms with Crippen molar-refractivity contribution >= 4 is 102 Å². The van der Waals surface area contributed by atoms with Crippen LogP contribution in [-0.2, 0) is 34.1 Å². The average Bonchev–Trinajstić information content (AvgIpc) is 1.32. The van der Waals surface area contributed by atoms with E-state index in [9.17, 15) is 0 Å². The molecule has 0 saturated heterocycles. The summed E-state index contributed by atoms with van der Waals surface area (Å²) >= 11 is 1.96. The zero-order valence-electron chi connectivity index (χ0n) is 56.2. The van der Waals surface area contributed by atoms with Gasteiger partial charge in [-0.1, -0.05) is 221 Å². The molecule has 9 aromatic carbocycles. The van der Waals surface area contributed by atoms with Crippen LogP contribution in [0.5, 0.6) is 0 Å². The van der Waals surface area contributed by atoms with E-state index in [1.54, 1.807) is 0 Å². The monoisotopic (exact) mass is 1190 g/mol. The maximum atomic E-state index is 7.52. The van der Waals surface area contributed by atoms with Gasteiger partial charge in [-0.2, -0.15) is 4.57 Å². The predicted octanol–water partition coefficient (Wildman–Crippen LogP) is 20.6. The Morgan fingerprint density at radius 3 is 1.71 bits per heavy atom. The fourth-order valence-electron chi connectivity index (χ4n) is 15.5. The van der Waals surface area contributed by atoms with Crippen molar-refractivity contribution in [2.45, 2.75) is 180 Å². The normalized spacial score (nSPS) is 14.9. The minimum absolute atomic E-state index is 0.0177. The Morgan fingerprint density at radius 1 is 0.506 bits per heavy atom. The number of hydrogen-bond donors (Lipinski definition) is 0. The third-order valence-corrected chi connectivity index (χ3v) is 21.8. The lowest BCUT2D eigenvalue weighted by Gasteiger charge is -2.51. The maximum absolute atomic E-state index is 7.52. The standard InChI is InChI=1S/C82H86BN4OS/c1-45(2)54-24-23-25-55(46(3)4)73(54)87-64-27-22-21-26-63(64)84(20)77(87)71-47(5)28-32-57-56-33-29-48(38-68(56)88-76(57)71)49-36-66-72-67(37-49)86-65-35-31-51(79(9,10)11)43-69(65)89-70-44-53(81(15,16)17)42-61(75(70)86)83(72)60-41-52(80(12,13)14)40-59-74(60)85(66)62-34-30-50(78(6,7)8)39-58(62)82(59,18)19/h21-46H,1-20H3/q+1. The molecule has 0 atom stereocenters. The quantitative estimate of drug-likeness (QED) is 0.127. The van der Waals surface area contributed by atoms with Crippen molar-refractivity contribution in [3.63, 3.8) is 0 Å². The summed E-state index contributed by atoms with van der Waals surface area (Å²) in [5.74, 6) is 1.74. The van der Waals surface area contributed by atoms with Crippen LogP contribution in [0.2, 0.25) is 0 Å². The molecule has 15 rings (SSSR count). The fraction of sp³-hybridized carbons (Fsp3) is 0.329. The zero-order valence-corrected chi connectivity index (χ0v) is 57.0. The van der Waals surface area contributed by atoms with E-state index >= 15 is 0 Å².